The average Bonchev–Trinajstić information content (AvgIpc) is 3.98. The molecule has 0 amide bonds. The summed E-state index contributed by atoms with van der Waals surface area (Å²) >= 11 is 1.87. The van der Waals surface area contributed by atoms with Crippen molar-refractivity contribution in [1.29, 1.82) is 0 Å². The SMILES string of the molecule is c1ccc(-c2ccc(-c3cc(-c4ccc(-c5cccc6oc7c8ccccc8c(-c8cccc9c8sc8ccccc89)cc7c56)cc4)nc(-c4ccc(-c5ccccc5)cc4)n3)cc2)cc1. The van der Waals surface area contributed by atoms with E-state index in [4.69, 9.17) is 14.4 Å². The van der Waals surface area contributed by atoms with Gasteiger partial charge in [0.05, 0.1) is 11.4 Å². The molecule has 0 saturated heterocycles. The molecule has 0 fully saturated rings. The fourth-order valence-corrected chi connectivity index (χ4v) is 10.9. The second-order valence-corrected chi connectivity index (χ2v) is 17.9. The fraction of sp³-hybridized carbons (Fsp3) is 0. The van der Waals surface area contributed by atoms with Gasteiger partial charge in [-0.3, -0.25) is 0 Å². The number of aromatic nitrogens is 2. The van der Waals surface area contributed by atoms with E-state index in [0.29, 0.717) is 5.82 Å². The highest BCUT2D eigenvalue weighted by molar-refractivity contribution is 7.26. The topological polar surface area (TPSA) is 38.9 Å². The normalized spacial score (nSPS) is 11.6. The van der Waals surface area contributed by atoms with Gasteiger partial charge in [-0.25, -0.2) is 9.97 Å². The minimum absolute atomic E-state index is 0.683. The quantitative estimate of drug-likeness (QED) is 0.160. The predicted molar refractivity (Wildman–Crippen MR) is 278 cm³/mol. The molecular formula is C62H38N2OS. The van der Waals surface area contributed by atoms with Gasteiger partial charge in [0.2, 0.25) is 0 Å². The molecule has 3 heterocycles. The van der Waals surface area contributed by atoms with Crippen LogP contribution in [0, 0.1) is 0 Å². The van der Waals surface area contributed by atoms with Crippen molar-refractivity contribution in [3.63, 3.8) is 0 Å². The Morgan fingerprint density at radius 3 is 1.48 bits per heavy atom. The maximum absolute atomic E-state index is 6.81. The van der Waals surface area contributed by atoms with Crippen LogP contribution in [0.1, 0.15) is 0 Å². The van der Waals surface area contributed by atoms with Crippen LogP contribution >= 0.6 is 11.3 Å². The van der Waals surface area contributed by atoms with Crippen molar-refractivity contribution in [2.45, 2.75) is 0 Å². The molecule has 0 N–H and O–H groups in total. The maximum Gasteiger partial charge on any atom is 0.160 e. The number of thiophene rings is 1. The van der Waals surface area contributed by atoms with Crippen LogP contribution in [0.2, 0.25) is 0 Å². The van der Waals surface area contributed by atoms with E-state index in [0.717, 1.165) is 72.1 Å². The third-order valence-electron chi connectivity index (χ3n) is 13.0. The third kappa shape index (κ3) is 6.50. The van der Waals surface area contributed by atoms with Crippen molar-refractivity contribution in [1.82, 2.24) is 9.97 Å². The number of nitrogens with zero attached hydrogens (tertiary/aromatic N) is 2. The fourth-order valence-electron chi connectivity index (χ4n) is 9.67. The summed E-state index contributed by atoms with van der Waals surface area (Å²) in [5.74, 6) is 0.683. The summed E-state index contributed by atoms with van der Waals surface area (Å²) in [6.07, 6.45) is 0. The zero-order valence-electron chi connectivity index (χ0n) is 35.7. The van der Waals surface area contributed by atoms with Crippen LogP contribution in [0.3, 0.4) is 0 Å². The number of hydrogen-bond donors (Lipinski definition) is 0. The molecule has 13 aromatic rings. The van der Waals surface area contributed by atoms with Crippen molar-refractivity contribution in [2.75, 3.05) is 0 Å². The summed E-state index contributed by atoms with van der Waals surface area (Å²) in [5, 5.41) is 7.11. The highest BCUT2D eigenvalue weighted by Gasteiger charge is 2.20. The average molecular weight is 859 g/mol. The van der Waals surface area contributed by atoms with Crippen LogP contribution in [0.25, 0.3) is 131 Å². The summed E-state index contributed by atoms with van der Waals surface area (Å²) in [6, 6.07) is 82.0. The van der Waals surface area contributed by atoms with Crippen molar-refractivity contribution in [3.8, 4) is 78.4 Å². The van der Waals surface area contributed by atoms with Gasteiger partial charge in [-0.2, -0.15) is 0 Å². The lowest BCUT2D eigenvalue weighted by molar-refractivity contribution is 0.673. The maximum atomic E-state index is 6.81. The molecule has 0 radical (unpaired) electrons. The first-order chi connectivity index (χ1) is 32.7. The lowest BCUT2D eigenvalue weighted by atomic mass is 9.92. The molecule has 0 bridgehead atoms. The molecule has 308 valence electrons. The smallest absolute Gasteiger partial charge is 0.160 e. The van der Waals surface area contributed by atoms with Crippen LogP contribution in [0.15, 0.2) is 235 Å². The van der Waals surface area contributed by atoms with Gasteiger partial charge >= 0.3 is 0 Å². The van der Waals surface area contributed by atoms with E-state index in [1.54, 1.807) is 0 Å². The first-order valence-electron chi connectivity index (χ1n) is 22.3. The molecular weight excluding hydrogens is 821 g/mol. The van der Waals surface area contributed by atoms with Crippen molar-refractivity contribution >= 4 is 64.2 Å². The lowest BCUT2D eigenvalue weighted by Gasteiger charge is -2.12. The highest BCUT2D eigenvalue weighted by Crippen LogP contribution is 2.46. The number of furan rings is 1. The zero-order chi connectivity index (χ0) is 43.6. The van der Waals surface area contributed by atoms with E-state index in [9.17, 15) is 0 Å². The van der Waals surface area contributed by atoms with Crippen LogP contribution in [0.5, 0.6) is 0 Å². The first-order valence-corrected chi connectivity index (χ1v) is 23.1. The lowest BCUT2D eigenvalue weighted by Crippen LogP contribution is -1.96. The molecule has 0 atom stereocenters. The zero-order valence-corrected chi connectivity index (χ0v) is 36.5. The minimum atomic E-state index is 0.683. The third-order valence-corrected chi connectivity index (χ3v) is 14.2. The van der Waals surface area contributed by atoms with Gasteiger partial charge in [0.15, 0.2) is 5.82 Å². The standard InChI is InChI=1S/C62H38N2OS/c1-3-13-39(14-4-1)41-25-31-44(32-26-41)55-38-56(64-62(63-55)46-35-27-42(28-36-46)40-15-5-2-6-16-40)45-33-29-43(30-34-45)47-20-12-23-57-59(47)54-37-53(48-17-7-8-19-50(48)60(54)65-57)52-22-11-21-51-49-18-9-10-24-58(49)66-61(51)52/h1-38H. The van der Waals surface area contributed by atoms with Gasteiger partial charge in [-0.1, -0.05) is 206 Å². The first kappa shape index (κ1) is 38.1. The molecule has 0 aliphatic carbocycles. The highest BCUT2D eigenvalue weighted by atomic mass is 32.1. The number of benzene rings is 10. The van der Waals surface area contributed by atoms with E-state index in [2.05, 4.69) is 218 Å². The Balaban J connectivity index is 0.926. The van der Waals surface area contributed by atoms with E-state index in [1.807, 2.05) is 23.5 Å². The van der Waals surface area contributed by atoms with Crippen molar-refractivity contribution in [3.05, 3.63) is 231 Å². The summed E-state index contributed by atoms with van der Waals surface area (Å²) < 4.78 is 9.41. The predicted octanol–water partition coefficient (Wildman–Crippen LogP) is 17.6. The summed E-state index contributed by atoms with van der Waals surface area (Å²) in [7, 11) is 0. The van der Waals surface area contributed by atoms with E-state index < -0.39 is 0 Å². The second-order valence-electron chi connectivity index (χ2n) is 16.8. The van der Waals surface area contributed by atoms with Crippen molar-refractivity contribution in [2.24, 2.45) is 0 Å². The van der Waals surface area contributed by atoms with Gasteiger partial charge < -0.3 is 4.42 Å². The largest absolute Gasteiger partial charge is 0.455 e. The number of fused-ring (bicyclic) bond motifs is 8. The summed E-state index contributed by atoms with van der Waals surface area (Å²) in [6.45, 7) is 0. The van der Waals surface area contributed by atoms with Gasteiger partial charge in [-0.15, -0.1) is 11.3 Å². The van der Waals surface area contributed by atoms with Crippen LogP contribution < -0.4 is 0 Å². The molecule has 0 saturated carbocycles. The van der Waals surface area contributed by atoms with Gasteiger partial charge in [0, 0.05) is 58.6 Å². The Bertz CT molecular complexity index is 3840. The van der Waals surface area contributed by atoms with Gasteiger partial charge in [0.1, 0.15) is 11.2 Å². The van der Waals surface area contributed by atoms with Crippen LogP contribution in [-0.4, -0.2) is 9.97 Å². The Morgan fingerprint density at radius 1 is 0.318 bits per heavy atom. The molecule has 0 unspecified atom stereocenters. The Labute approximate surface area is 385 Å². The molecule has 13 rings (SSSR count). The molecule has 0 spiro atoms. The Hall–Kier alpha value is -8.44. The molecule has 4 heteroatoms. The molecule has 10 aromatic carbocycles. The van der Waals surface area contributed by atoms with Gasteiger partial charge in [0.25, 0.3) is 0 Å². The second kappa shape index (κ2) is 15.7. The Morgan fingerprint density at radius 2 is 0.818 bits per heavy atom. The molecule has 66 heavy (non-hydrogen) atoms. The summed E-state index contributed by atoms with van der Waals surface area (Å²) in [5.41, 5.74) is 15.9. The van der Waals surface area contributed by atoms with E-state index >= 15 is 0 Å². The van der Waals surface area contributed by atoms with E-state index in [-0.39, 0.29) is 0 Å². The van der Waals surface area contributed by atoms with Crippen LogP contribution in [0.4, 0.5) is 0 Å². The van der Waals surface area contributed by atoms with E-state index in [1.165, 1.54) is 53.4 Å². The Kier molecular flexibility index (Phi) is 9.03. The number of rotatable bonds is 7. The summed E-state index contributed by atoms with van der Waals surface area (Å²) in [4.78, 5) is 10.4. The minimum Gasteiger partial charge on any atom is -0.455 e. The van der Waals surface area contributed by atoms with Crippen molar-refractivity contribution < 1.29 is 4.42 Å². The molecule has 0 aliphatic rings. The molecule has 0 aliphatic heterocycles. The van der Waals surface area contributed by atoms with Gasteiger partial charge in [-0.05, 0) is 68.6 Å². The van der Waals surface area contributed by atoms with Crippen LogP contribution in [-0.2, 0) is 0 Å². The number of hydrogen-bond acceptors (Lipinski definition) is 4. The molecule has 3 aromatic heterocycles. The monoisotopic (exact) mass is 858 g/mol. The molecule has 3 nitrogen and oxygen atoms in total.